The Hall–Kier alpha value is -4.37. The third-order valence-corrected chi connectivity index (χ3v) is 8.76. The Morgan fingerprint density at radius 3 is 2.36 bits per heavy atom. The van der Waals surface area contributed by atoms with E-state index in [0.717, 1.165) is 37.8 Å². The van der Waals surface area contributed by atoms with Crippen molar-refractivity contribution < 1.29 is 24.2 Å². The average molecular weight is 695 g/mol. The van der Waals surface area contributed by atoms with Crippen molar-refractivity contribution in [3.63, 3.8) is 0 Å². The number of likely N-dealkylation sites (N-methyl/N-ethyl adjacent to an activating group) is 1. The molecular weight excluding hydrogens is 640 g/mol. The molecule has 0 saturated heterocycles. The van der Waals surface area contributed by atoms with Crippen molar-refractivity contribution in [1.82, 2.24) is 51.0 Å². The van der Waals surface area contributed by atoms with Gasteiger partial charge >= 0.3 is 6.09 Å². The predicted molar refractivity (Wildman–Crippen MR) is 187 cm³/mol. The topological polar surface area (TPSA) is 192 Å². The van der Waals surface area contributed by atoms with Crippen LogP contribution in [0.5, 0.6) is 0 Å². The molecule has 0 bridgehead atoms. The van der Waals surface area contributed by atoms with Gasteiger partial charge in [0.05, 0.1) is 25.0 Å². The lowest BCUT2D eigenvalue weighted by molar-refractivity contribution is -0.131. The van der Waals surface area contributed by atoms with E-state index in [1.54, 1.807) is 31.6 Å². The summed E-state index contributed by atoms with van der Waals surface area (Å²) < 4.78 is 7.13. The van der Waals surface area contributed by atoms with Gasteiger partial charge in [0.25, 0.3) is 0 Å². The van der Waals surface area contributed by atoms with Gasteiger partial charge in [0, 0.05) is 37.7 Å². The fourth-order valence-corrected chi connectivity index (χ4v) is 6.15. The van der Waals surface area contributed by atoms with Crippen LogP contribution < -0.4 is 16.0 Å². The van der Waals surface area contributed by atoms with Crippen LogP contribution in [-0.4, -0.2) is 109 Å². The minimum atomic E-state index is -1.05. The smallest absolute Gasteiger partial charge is 0.408 e. The number of hydrogen-bond acceptors (Lipinski definition) is 10. The van der Waals surface area contributed by atoms with Gasteiger partial charge in [-0.15, -0.1) is 5.10 Å². The standard InChI is InChI=1S/C35H54N10O5/c1-35(2,3)50-34(49)40-28(19-25-14-10-7-11-15-25)32(47)39-29(20-26-22-36-23-37-26)33(48)38-27(18-24-12-8-6-9-13-24)30(46)21-31-41-42-43-45(31)17-16-44(4)5/h7,10-11,14-15,22-24,27-30,46H,6,8-9,12-13,16-21H2,1-5H3,(H,36,37)(H,38,48)(H,39,47)(H,40,49)/t27-,28-,29-,30-/m0/s1. The highest BCUT2D eigenvalue weighted by atomic mass is 16.6. The van der Waals surface area contributed by atoms with Crippen molar-refractivity contribution in [2.24, 2.45) is 5.92 Å². The summed E-state index contributed by atoms with van der Waals surface area (Å²) in [5.74, 6) is -0.150. The first kappa shape index (κ1) is 38.4. The molecule has 0 unspecified atom stereocenters. The van der Waals surface area contributed by atoms with Crippen LogP contribution in [0.4, 0.5) is 4.79 Å². The van der Waals surface area contributed by atoms with Crippen LogP contribution in [0.3, 0.4) is 0 Å². The summed E-state index contributed by atoms with van der Waals surface area (Å²) in [5.41, 5.74) is 0.682. The van der Waals surface area contributed by atoms with Gasteiger partial charge in [-0.1, -0.05) is 62.4 Å². The highest BCUT2D eigenvalue weighted by Gasteiger charge is 2.33. The molecule has 1 saturated carbocycles. The van der Waals surface area contributed by atoms with Crippen LogP contribution in [-0.2, 0) is 40.1 Å². The highest BCUT2D eigenvalue weighted by molar-refractivity contribution is 5.91. The number of ether oxygens (including phenoxy) is 1. The number of aliphatic hydroxyl groups excluding tert-OH is 1. The van der Waals surface area contributed by atoms with Crippen molar-refractivity contribution in [3.8, 4) is 0 Å². The van der Waals surface area contributed by atoms with Gasteiger partial charge in [0.1, 0.15) is 17.7 Å². The summed E-state index contributed by atoms with van der Waals surface area (Å²) in [6.07, 6.45) is 7.81. The normalized spacial score (nSPS) is 16.3. The summed E-state index contributed by atoms with van der Waals surface area (Å²) in [5, 5.41) is 32.4. The summed E-state index contributed by atoms with van der Waals surface area (Å²) in [6, 6.07) is 6.59. The number of aromatic amines is 1. The number of amides is 3. The number of imidazole rings is 1. The molecule has 3 aromatic rings. The van der Waals surface area contributed by atoms with E-state index in [0.29, 0.717) is 30.4 Å². The summed E-state index contributed by atoms with van der Waals surface area (Å²) in [7, 11) is 3.93. The lowest BCUT2D eigenvalue weighted by atomic mass is 9.83. The molecule has 5 N–H and O–H groups in total. The van der Waals surface area contributed by atoms with E-state index >= 15 is 0 Å². The molecule has 4 atom stereocenters. The van der Waals surface area contributed by atoms with Crippen molar-refractivity contribution in [1.29, 1.82) is 0 Å². The molecule has 1 fully saturated rings. The largest absolute Gasteiger partial charge is 0.444 e. The number of hydrogen-bond donors (Lipinski definition) is 5. The Morgan fingerprint density at radius 1 is 1.00 bits per heavy atom. The van der Waals surface area contributed by atoms with Gasteiger partial charge in [0.2, 0.25) is 11.8 Å². The molecule has 0 aliphatic heterocycles. The molecule has 4 rings (SSSR count). The first-order valence-electron chi connectivity index (χ1n) is 17.6. The molecule has 3 amide bonds. The van der Waals surface area contributed by atoms with Gasteiger partial charge in [0.15, 0.2) is 5.82 Å². The molecule has 1 aliphatic carbocycles. The van der Waals surface area contributed by atoms with Gasteiger partial charge in [-0.3, -0.25) is 9.59 Å². The molecule has 0 spiro atoms. The SMILES string of the molecule is CN(C)CCn1nnnc1C[C@H](O)[C@H](CC1CCCCC1)NC(=O)[C@H](Cc1cnc[nH]1)NC(=O)[C@H](Cc1ccccc1)NC(=O)OC(C)(C)C. The number of nitrogens with one attached hydrogen (secondary N) is 4. The highest BCUT2D eigenvalue weighted by Crippen LogP contribution is 2.28. The maximum Gasteiger partial charge on any atom is 0.408 e. The van der Waals surface area contributed by atoms with Crippen molar-refractivity contribution in [2.45, 2.75) is 115 Å². The molecule has 50 heavy (non-hydrogen) atoms. The fourth-order valence-electron chi connectivity index (χ4n) is 6.15. The minimum Gasteiger partial charge on any atom is -0.444 e. The van der Waals surface area contributed by atoms with E-state index in [4.69, 9.17) is 4.74 Å². The number of aliphatic hydroxyl groups is 1. The molecule has 15 nitrogen and oxygen atoms in total. The van der Waals surface area contributed by atoms with Crippen LogP contribution in [0.15, 0.2) is 42.9 Å². The molecule has 1 aliphatic rings. The molecule has 274 valence electrons. The van der Waals surface area contributed by atoms with Crippen LogP contribution in [0, 0.1) is 5.92 Å². The zero-order valence-electron chi connectivity index (χ0n) is 30.0. The number of rotatable bonds is 17. The van der Waals surface area contributed by atoms with Crippen LogP contribution in [0.25, 0.3) is 0 Å². The number of benzene rings is 1. The van der Waals surface area contributed by atoms with Crippen LogP contribution >= 0.6 is 0 Å². The van der Waals surface area contributed by atoms with E-state index in [2.05, 4.69) is 41.4 Å². The predicted octanol–water partition coefficient (Wildman–Crippen LogP) is 2.18. The Morgan fingerprint density at radius 2 is 1.70 bits per heavy atom. The number of carbonyl (C=O) groups excluding carboxylic acids is 3. The number of aromatic nitrogens is 6. The second-order valence-corrected chi connectivity index (χ2v) is 14.5. The maximum atomic E-state index is 14.2. The van der Waals surface area contributed by atoms with Gasteiger partial charge in [-0.05, 0) is 63.2 Å². The number of tetrazole rings is 1. The first-order chi connectivity index (χ1) is 23.9. The zero-order valence-corrected chi connectivity index (χ0v) is 30.0. The molecule has 2 heterocycles. The Kier molecular flexibility index (Phi) is 14.3. The van der Waals surface area contributed by atoms with E-state index in [1.165, 1.54) is 12.7 Å². The van der Waals surface area contributed by atoms with Gasteiger partial charge in [-0.2, -0.15) is 0 Å². The second kappa shape index (κ2) is 18.6. The van der Waals surface area contributed by atoms with Crippen molar-refractivity contribution >= 4 is 17.9 Å². The van der Waals surface area contributed by atoms with Crippen LogP contribution in [0.1, 0.15) is 76.4 Å². The molecule has 1 aromatic carbocycles. The van der Waals surface area contributed by atoms with Gasteiger partial charge < -0.3 is 35.7 Å². The second-order valence-electron chi connectivity index (χ2n) is 14.5. The Bertz CT molecular complexity index is 1470. The number of carbonyl (C=O) groups is 3. The third-order valence-electron chi connectivity index (χ3n) is 8.76. The first-order valence-corrected chi connectivity index (χ1v) is 17.6. The van der Waals surface area contributed by atoms with E-state index in [-0.39, 0.29) is 19.3 Å². The van der Waals surface area contributed by atoms with Gasteiger partial charge in [-0.25, -0.2) is 14.5 Å². The molecular formula is C35H54N10O5. The average Bonchev–Trinajstić information content (AvgIpc) is 3.75. The van der Waals surface area contributed by atoms with E-state index in [1.807, 2.05) is 49.3 Å². The van der Waals surface area contributed by atoms with Crippen molar-refractivity contribution in [2.75, 3.05) is 20.6 Å². The number of nitrogens with zero attached hydrogens (tertiary/aromatic N) is 6. The minimum absolute atomic E-state index is 0.108. The van der Waals surface area contributed by atoms with Crippen LogP contribution in [0.2, 0.25) is 0 Å². The monoisotopic (exact) mass is 694 g/mol. The third kappa shape index (κ3) is 12.8. The maximum absolute atomic E-state index is 14.2. The summed E-state index contributed by atoms with van der Waals surface area (Å²) >= 11 is 0. The molecule has 0 radical (unpaired) electrons. The number of H-pyrrole nitrogens is 1. The lowest BCUT2D eigenvalue weighted by Crippen LogP contribution is -2.58. The van der Waals surface area contributed by atoms with Crippen molar-refractivity contribution in [3.05, 3.63) is 59.9 Å². The van der Waals surface area contributed by atoms with E-state index < -0.39 is 47.7 Å². The lowest BCUT2D eigenvalue weighted by Gasteiger charge is -2.31. The summed E-state index contributed by atoms with van der Waals surface area (Å²) in [4.78, 5) is 50.0. The Balaban J connectivity index is 1.54. The Labute approximate surface area is 294 Å². The summed E-state index contributed by atoms with van der Waals surface area (Å²) in [6.45, 7) is 6.50. The van der Waals surface area contributed by atoms with E-state index in [9.17, 15) is 19.5 Å². The zero-order chi connectivity index (χ0) is 36.1. The quantitative estimate of drug-likeness (QED) is 0.140. The molecule has 15 heteroatoms. The fraction of sp³-hybridized carbons (Fsp3) is 0.629. The molecule has 2 aromatic heterocycles. The number of alkyl carbamates (subject to hydrolysis) is 1.